The number of aryl methyl sites for hydroxylation is 2. The minimum Gasteiger partial charge on any atom is -0.376 e. The van der Waals surface area contributed by atoms with E-state index < -0.39 is 0 Å². The normalized spacial score (nSPS) is 11.5. The lowest BCUT2D eigenvalue weighted by atomic mass is 10.0. The SMILES string of the molecule is Cc1ccc(NCC(=O)N/N=C(/c2ccccc2)C(C)C)c(C)c1. The Morgan fingerprint density at radius 3 is 2.42 bits per heavy atom. The zero-order valence-corrected chi connectivity index (χ0v) is 14.8. The van der Waals surface area contributed by atoms with Gasteiger partial charge in [-0.15, -0.1) is 0 Å². The molecule has 0 aliphatic carbocycles. The molecule has 0 unspecified atom stereocenters. The highest BCUT2D eigenvalue weighted by atomic mass is 16.2. The van der Waals surface area contributed by atoms with Crippen LogP contribution in [0.3, 0.4) is 0 Å². The van der Waals surface area contributed by atoms with E-state index in [0.717, 1.165) is 22.5 Å². The summed E-state index contributed by atoms with van der Waals surface area (Å²) in [5.74, 6) is 0.0593. The molecule has 0 saturated heterocycles. The number of anilines is 1. The van der Waals surface area contributed by atoms with Gasteiger partial charge in [-0.1, -0.05) is 61.9 Å². The molecule has 0 bridgehead atoms. The van der Waals surface area contributed by atoms with Crippen LogP contribution >= 0.6 is 0 Å². The van der Waals surface area contributed by atoms with Crippen molar-refractivity contribution in [1.82, 2.24) is 5.43 Å². The maximum absolute atomic E-state index is 12.1. The predicted octanol–water partition coefficient (Wildman–Crippen LogP) is 3.89. The summed E-state index contributed by atoms with van der Waals surface area (Å²) < 4.78 is 0. The molecule has 4 heteroatoms. The zero-order chi connectivity index (χ0) is 17.5. The molecule has 0 aromatic heterocycles. The molecule has 2 aromatic carbocycles. The van der Waals surface area contributed by atoms with Gasteiger partial charge in [-0.2, -0.15) is 5.10 Å². The van der Waals surface area contributed by atoms with Crippen LogP contribution in [0.2, 0.25) is 0 Å². The van der Waals surface area contributed by atoms with Crippen molar-refractivity contribution < 1.29 is 4.79 Å². The van der Waals surface area contributed by atoms with E-state index in [9.17, 15) is 4.79 Å². The Hall–Kier alpha value is -2.62. The van der Waals surface area contributed by atoms with Gasteiger partial charge >= 0.3 is 0 Å². The van der Waals surface area contributed by atoms with Gasteiger partial charge in [0, 0.05) is 5.69 Å². The van der Waals surface area contributed by atoms with Crippen molar-refractivity contribution in [1.29, 1.82) is 0 Å². The summed E-state index contributed by atoms with van der Waals surface area (Å²) in [7, 11) is 0. The highest BCUT2D eigenvalue weighted by molar-refractivity contribution is 6.02. The average molecular weight is 323 g/mol. The van der Waals surface area contributed by atoms with Crippen LogP contribution < -0.4 is 10.7 Å². The van der Waals surface area contributed by atoms with Crippen LogP contribution in [0.15, 0.2) is 53.6 Å². The van der Waals surface area contributed by atoms with E-state index in [-0.39, 0.29) is 18.4 Å². The van der Waals surface area contributed by atoms with Crippen molar-refractivity contribution in [2.45, 2.75) is 27.7 Å². The lowest BCUT2D eigenvalue weighted by molar-refractivity contribution is -0.119. The summed E-state index contributed by atoms with van der Waals surface area (Å²) >= 11 is 0. The van der Waals surface area contributed by atoms with Crippen LogP contribution in [-0.4, -0.2) is 18.2 Å². The second-order valence-corrected chi connectivity index (χ2v) is 6.22. The van der Waals surface area contributed by atoms with Crippen molar-refractivity contribution in [3.05, 3.63) is 65.2 Å². The third-order valence-corrected chi connectivity index (χ3v) is 3.74. The first kappa shape index (κ1) is 17.7. The third-order valence-electron chi connectivity index (χ3n) is 3.74. The Labute approximate surface area is 144 Å². The maximum Gasteiger partial charge on any atom is 0.259 e. The Balaban J connectivity index is 1.98. The second kappa shape index (κ2) is 8.29. The summed E-state index contributed by atoms with van der Waals surface area (Å²) in [6.45, 7) is 8.39. The van der Waals surface area contributed by atoms with Gasteiger partial charge in [-0.25, -0.2) is 5.43 Å². The predicted molar refractivity (Wildman–Crippen MR) is 100 cm³/mol. The standard InChI is InChI=1S/C20H25N3O/c1-14(2)20(17-8-6-5-7-9-17)23-22-19(24)13-21-18-11-10-15(3)12-16(18)4/h5-12,14,21H,13H2,1-4H3,(H,22,24)/b23-20+. The fourth-order valence-corrected chi connectivity index (χ4v) is 2.49. The lowest BCUT2D eigenvalue weighted by Crippen LogP contribution is -2.28. The molecule has 0 saturated carbocycles. The van der Waals surface area contributed by atoms with E-state index >= 15 is 0 Å². The molecule has 126 valence electrons. The molecular weight excluding hydrogens is 298 g/mol. The lowest BCUT2D eigenvalue weighted by Gasteiger charge is -2.12. The number of carbonyl (C=O) groups is 1. The first-order valence-electron chi connectivity index (χ1n) is 8.20. The topological polar surface area (TPSA) is 53.5 Å². The van der Waals surface area contributed by atoms with E-state index in [0.29, 0.717) is 0 Å². The van der Waals surface area contributed by atoms with Crippen LogP contribution in [0.25, 0.3) is 0 Å². The van der Waals surface area contributed by atoms with Crippen molar-refractivity contribution in [2.75, 3.05) is 11.9 Å². The number of nitrogens with one attached hydrogen (secondary N) is 2. The first-order chi connectivity index (χ1) is 11.5. The van der Waals surface area contributed by atoms with Crippen molar-refractivity contribution in [2.24, 2.45) is 11.0 Å². The molecule has 2 rings (SSSR count). The molecule has 2 N–H and O–H groups in total. The van der Waals surface area contributed by atoms with Gasteiger partial charge in [0.15, 0.2) is 0 Å². The zero-order valence-electron chi connectivity index (χ0n) is 14.8. The summed E-state index contributed by atoms with van der Waals surface area (Å²) in [6, 6.07) is 16.0. The highest BCUT2D eigenvalue weighted by Gasteiger charge is 2.09. The molecule has 0 fully saturated rings. The van der Waals surface area contributed by atoms with Crippen LogP contribution in [0, 0.1) is 19.8 Å². The summed E-state index contributed by atoms with van der Waals surface area (Å²) in [5, 5.41) is 7.47. The van der Waals surface area contributed by atoms with E-state index in [1.54, 1.807) is 0 Å². The van der Waals surface area contributed by atoms with Gasteiger partial charge in [0.25, 0.3) is 5.91 Å². The van der Waals surface area contributed by atoms with Crippen molar-refractivity contribution in [3.63, 3.8) is 0 Å². The average Bonchev–Trinajstić information content (AvgIpc) is 2.55. The third kappa shape index (κ3) is 4.95. The van der Waals surface area contributed by atoms with Gasteiger partial charge in [-0.3, -0.25) is 4.79 Å². The minimum atomic E-state index is -0.163. The smallest absolute Gasteiger partial charge is 0.259 e. The van der Waals surface area contributed by atoms with Crippen LogP contribution in [0.4, 0.5) is 5.69 Å². The second-order valence-electron chi connectivity index (χ2n) is 6.22. The summed E-state index contributed by atoms with van der Waals surface area (Å²) in [5.41, 5.74) is 7.84. The van der Waals surface area contributed by atoms with Crippen molar-refractivity contribution in [3.8, 4) is 0 Å². The van der Waals surface area contributed by atoms with Gasteiger partial charge in [0.05, 0.1) is 12.3 Å². The van der Waals surface area contributed by atoms with Gasteiger partial charge in [-0.05, 0) is 37.0 Å². The Bertz CT molecular complexity index is 721. The number of hydrazone groups is 1. The van der Waals surface area contributed by atoms with E-state index in [2.05, 4.69) is 42.7 Å². The fraction of sp³-hybridized carbons (Fsp3) is 0.300. The molecule has 1 amide bonds. The van der Waals surface area contributed by atoms with E-state index in [1.165, 1.54) is 5.56 Å². The van der Waals surface area contributed by atoms with Gasteiger partial charge < -0.3 is 5.32 Å². The number of nitrogens with zero attached hydrogens (tertiary/aromatic N) is 1. The van der Waals surface area contributed by atoms with Gasteiger partial charge in [0.2, 0.25) is 0 Å². The largest absolute Gasteiger partial charge is 0.376 e. The molecule has 0 heterocycles. The van der Waals surface area contributed by atoms with Crippen LogP contribution in [0.1, 0.15) is 30.5 Å². The Morgan fingerprint density at radius 2 is 1.79 bits per heavy atom. The molecule has 0 atom stereocenters. The van der Waals surface area contributed by atoms with Crippen LogP contribution in [-0.2, 0) is 4.79 Å². The van der Waals surface area contributed by atoms with E-state index in [1.807, 2.05) is 49.4 Å². The maximum atomic E-state index is 12.1. The highest BCUT2D eigenvalue weighted by Crippen LogP contribution is 2.15. The van der Waals surface area contributed by atoms with Crippen LogP contribution in [0.5, 0.6) is 0 Å². The molecule has 0 aliphatic rings. The monoisotopic (exact) mass is 323 g/mol. The molecule has 2 aromatic rings. The quantitative estimate of drug-likeness (QED) is 0.626. The number of carbonyl (C=O) groups excluding carboxylic acids is 1. The Morgan fingerprint density at radius 1 is 1.08 bits per heavy atom. The van der Waals surface area contributed by atoms with E-state index in [4.69, 9.17) is 0 Å². The number of benzene rings is 2. The minimum absolute atomic E-state index is 0.163. The number of hydrogen-bond acceptors (Lipinski definition) is 3. The first-order valence-corrected chi connectivity index (χ1v) is 8.20. The van der Waals surface area contributed by atoms with Gasteiger partial charge in [0.1, 0.15) is 0 Å². The molecular formula is C20H25N3O. The molecule has 0 aliphatic heterocycles. The number of amides is 1. The molecule has 24 heavy (non-hydrogen) atoms. The van der Waals surface area contributed by atoms with Crippen molar-refractivity contribution >= 4 is 17.3 Å². The Kier molecular flexibility index (Phi) is 6.13. The summed E-state index contributed by atoms with van der Waals surface area (Å²) in [6.07, 6.45) is 0. The summed E-state index contributed by atoms with van der Waals surface area (Å²) in [4.78, 5) is 12.1. The number of rotatable bonds is 6. The fourth-order valence-electron chi connectivity index (χ4n) is 2.49. The molecule has 0 spiro atoms. The molecule has 0 radical (unpaired) electrons. The molecule has 4 nitrogen and oxygen atoms in total. The number of hydrogen-bond donors (Lipinski definition) is 2.